The monoisotopic (exact) mass is 220 g/mol. The fourth-order valence-electron chi connectivity index (χ4n) is 5.38. The second-order valence-electron chi connectivity index (χ2n) is 7.57. The molecule has 90 valence electrons. The molecule has 16 heavy (non-hydrogen) atoms. The van der Waals surface area contributed by atoms with E-state index in [9.17, 15) is 4.79 Å². The van der Waals surface area contributed by atoms with E-state index in [1.165, 1.54) is 32.1 Å². The molecule has 0 aliphatic heterocycles. The number of hydrogen-bond acceptors (Lipinski definition) is 1. The Kier molecular flexibility index (Phi) is 1.85. The molecule has 0 saturated heterocycles. The Morgan fingerprint density at radius 2 is 1.69 bits per heavy atom. The van der Waals surface area contributed by atoms with Gasteiger partial charge in [0.2, 0.25) is 0 Å². The zero-order chi connectivity index (χ0) is 11.8. The number of hydrogen-bond donors (Lipinski definition) is 0. The summed E-state index contributed by atoms with van der Waals surface area (Å²) in [5, 5.41) is 0. The minimum Gasteiger partial charge on any atom is -0.299 e. The summed E-state index contributed by atoms with van der Waals surface area (Å²) in [6.07, 6.45) is 6.47. The molecule has 3 rings (SSSR count). The molecule has 3 aliphatic rings. The number of carbonyl (C=O) groups excluding carboxylic acids is 1. The number of Topliss-reactive ketones (excluding diaryl/α,β-unsaturated/α-hetero) is 1. The van der Waals surface area contributed by atoms with Crippen molar-refractivity contribution in [1.29, 1.82) is 0 Å². The Hall–Kier alpha value is -0.330. The maximum absolute atomic E-state index is 11.9. The molecule has 0 unspecified atom stereocenters. The van der Waals surface area contributed by atoms with Crippen LogP contribution in [-0.4, -0.2) is 5.78 Å². The van der Waals surface area contributed by atoms with E-state index in [0.29, 0.717) is 16.6 Å². The van der Waals surface area contributed by atoms with Gasteiger partial charge >= 0.3 is 0 Å². The van der Waals surface area contributed by atoms with Crippen molar-refractivity contribution < 1.29 is 4.79 Å². The quantitative estimate of drug-likeness (QED) is 0.656. The van der Waals surface area contributed by atoms with Crippen molar-refractivity contribution in [3.05, 3.63) is 0 Å². The van der Waals surface area contributed by atoms with Crippen LogP contribution in [0.5, 0.6) is 0 Å². The Morgan fingerprint density at radius 1 is 1.06 bits per heavy atom. The van der Waals surface area contributed by atoms with Crippen molar-refractivity contribution in [3.8, 4) is 0 Å². The smallest absolute Gasteiger partial charge is 0.136 e. The van der Waals surface area contributed by atoms with Crippen LogP contribution < -0.4 is 0 Å². The van der Waals surface area contributed by atoms with E-state index in [4.69, 9.17) is 0 Å². The van der Waals surface area contributed by atoms with Crippen molar-refractivity contribution in [2.24, 2.45) is 28.1 Å². The summed E-state index contributed by atoms with van der Waals surface area (Å²) in [4.78, 5) is 11.9. The summed E-state index contributed by atoms with van der Waals surface area (Å²) in [7, 11) is 0. The Morgan fingerprint density at radius 3 is 2.25 bits per heavy atom. The van der Waals surface area contributed by atoms with Crippen molar-refractivity contribution >= 4 is 5.78 Å². The van der Waals surface area contributed by atoms with Crippen LogP contribution in [0.3, 0.4) is 0 Å². The topological polar surface area (TPSA) is 17.1 Å². The molecule has 4 atom stereocenters. The molecule has 3 saturated carbocycles. The first-order chi connectivity index (χ1) is 7.33. The van der Waals surface area contributed by atoms with Crippen LogP contribution in [0.4, 0.5) is 0 Å². The summed E-state index contributed by atoms with van der Waals surface area (Å²) >= 11 is 0. The lowest BCUT2D eigenvalue weighted by Gasteiger charge is -2.49. The zero-order valence-electron chi connectivity index (χ0n) is 11.1. The normalized spacial score (nSPS) is 53.0. The van der Waals surface area contributed by atoms with Gasteiger partial charge in [0.05, 0.1) is 0 Å². The standard InChI is InChI=1S/C15H24O/c1-10(16)15-8-11-13(2,3)6-5-7-14(11,4)12(15)9-15/h11-12H,5-9H2,1-4H3/t11-,12-,14+,15-/m1/s1. The van der Waals surface area contributed by atoms with E-state index < -0.39 is 0 Å². The maximum Gasteiger partial charge on any atom is 0.136 e. The lowest BCUT2D eigenvalue weighted by molar-refractivity contribution is -0.122. The number of ketones is 1. The minimum absolute atomic E-state index is 0.126. The third-order valence-electron chi connectivity index (χ3n) is 6.42. The number of carbonyl (C=O) groups is 1. The largest absolute Gasteiger partial charge is 0.299 e. The fraction of sp³-hybridized carbons (Fsp3) is 0.933. The van der Waals surface area contributed by atoms with Gasteiger partial charge in [0, 0.05) is 5.41 Å². The van der Waals surface area contributed by atoms with Crippen LogP contribution in [0.1, 0.15) is 59.8 Å². The number of fused-ring (bicyclic) bond motifs is 3. The average Bonchev–Trinajstić information content (AvgIpc) is 2.83. The second kappa shape index (κ2) is 2.73. The van der Waals surface area contributed by atoms with Gasteiger partial charge in [0.15, 0.2) is 0 Å². The lowest BCUT2D eigenvalue weighted by atomic mass is 9.56. The first-order valence-electron chi connectivity index (χ1n) is 6.84. The van der Waals surface area contributed by atoms with Crippen LogP contribution >= 0.6 is 0 Å². The van der Waals surface area contributed by atoms with Gasteiger partial charge in [-0.05, 0) is 55.3 Å². The van der Waals surface area contributed by atoms with E-state index in [-0.39, 0.29) is 5.41 Å². The molecule has 0 heterocycles. The third kappa shape index (κ3) is 1.05. The summed E-state index contributed by atoms with van der Waals surface area (Å²) in [5.41, 5.74) is 1.07. The summed E-state index contributed by atoms with van der Waals surface area (Å²) in [5.74, 6) is 1.99. The zero-order valence-corrected chi connectivity index (χ0v) is 11.1. The van der Waals surface area contributed by atoms with E-state index in [2.05, 4.69) is 20.8 Å². The van der Waals surface area contributed by atoms with Gasteiger partial charge in [-0.15, -0.1) is 0 Å². The minimum atomic E-state index is 0.126. The van der Waals surface area contributed by atoms with E-state index in [1.54, 1.807) is 0 Å². The highest BCUT2D eigenvalue weighted by Crippen LogP contribution is 2.78. The molecular weight excluding hydrogens is 196 g/mol. The predicted molar refractivity (Wildman–Crippen MR) is 65.1 cm³/mol. The molecule has 3 aliphatic carbocycles. The van der Waals surface area contributed by atoms with Gasteiger partial charge in [-0.2, -0.15) is 0 Å². The van der Waals surface area contributed by atoms with Gasteiger partial charge in [-0.3, -0.25) is 4.79 Å². The van der Waals surface area contributed by atoms with Crippen LogP contribution in [0.25, 0.3) is 0 Å². The van der Waals surface area contributed by atoms with Crippen LogP contribution in [0.2, 0.25) is 0 Å². The van der Waals surface area contributed by atoms with Crippen molar-refractivity contribution in [1.82, 2.24) is 0 Å². The van der Waals surface area contributed by atoms with E-state index in [1.807, 2.05) is 6.92 Å². The molecule has 0 bridgehead atoms. The van der Waals surface area contributed by atoms with Crippen LogP contribution in [0.15, 0.2) is 0 Å². The van der Waals surface area contributed by atoms with Gasteiger partial charge in [-0.1, -0.05) is 27.2 Å². The first-order valence-corrected chi connectivity index (χ1v) is 6.84. The molecule has 1 heteroatoms. The van der Waals surface area contributed by atoms with Crippen molar-refractivity contribution in [2.75, 3.05) is 0 Å². The molecule has 0 amide bonds. The van der Waals surface area contributed by atoms with Gasteiger partial charge in [0.1, 0.15) is 5.78 Å². The van der Waals surface area contributed by atoms with E-state index >= 15 is 0 Å². The Labute approximate surface area is 99.0 Å². The lowest BCUT2D eigenvalue weighted by Crippen LogP contribution is -2.40. The summed E-state index contributed by atoms with van der Waals surface area (Å²) < 4.78 is 0. The Bertz CT molecular complexity index is 356. The van der Waals surface area contributed by atoms with Crippen molar-refractivity contribution in [3.63, 3.8) is 0 Å². The van der Waals surface area contributed by atoms with Crippen LogP contribution in [0, 0.1) is 28.1 Å². The fourth-order valence-corrected chi connectivity index (χ4v) is 5.38. The highest BCUT2D eigenvalue weighted by atomic mass is 16.1. The van der Waals surface area contributed by atoms with Gasteiger partial charge in [0.25, 0.3) is 0 Å². The summed E-state index contributed by atoms with van der Waals surface area (Å²) in [6.45, 7) is 9.15. The Balaban J connectivity index is 1.98. The molecule has 1 nitrogen and oxygen atoms in total. The SMILES string of the molecule is CC(=O)[C@]12C[C@@H]3C(C)(C)CCC[C@]3(C)[C@H]1C2. The molecular formula is C15H24O. The average molecular weight is 220 g/mol. The predicted octanol–water partition coefficient (Wildman–Crippen LogP) is 3.82. The van der Waals surface area contributed by atoms with Gasteiger partial charge < -0.3 is 0 Å². The first kappa shape index (κ1) is 10.8. The molecule has 0 radical (unpaired) electrons. The maximum atomic E-state index is 11.9. The van der Waals surface area contributed by atoms with Crippen LogP contribution in [-0.2, 0) is 4.79 Å². The molecule has 0 spiro atoms. The highest BCUT2D eigenvalue weighted by molar-refractivity contribution is 5.86. The highest BCUT2D eigenvalue weighted by Gasteiger charge is 2.74. The second-order valence-corrected chi connectivity index (χ2v) is 7.57. The van der Waals surface area contributed by atoms with Gasteiger partial charge in [-0.25, -0.2) is 0 Å². The molecule has 0 aromatic carbocycles. The number of rotatable bonds is 1. The third-order valence-corrected chi connectivity index (χ3v) is 6.42. The molecule has 3 fully saturated rings. The van der Waals surface area contributed by atoms with Crippen molar-refractivity contribution in [2.45, 2.75) is 59.8 Å². The summed E-state index contributed by atoms with van der Waals surface area (Å²) in [6, 6.07) is 0. The molecule has 0 aromatic heterocycles. The molecule has 0 aromatic rings. The van der Waals surface area contributed by atoms with E-state index in [0.717, 1.165) is 11.8 Å². The molecule has 0 N–H and O–H groups in total.